The molecule has 1 fully saturated rings. The molecule has 1 amide bonds. The molecule has 0 atom stereocenters. The second kappa shape index (κ2) is 10.1. The lowest BCUT2D eigenvalue weighted by atomic mass is 9.88. The molecule has 7 heteroatoms. The number of carbonyl (C=O) groups excluding carboxylic acids is 1. The van der Waals surface area contributed by atoms with Crippen molar-refractivity contribution >= 4 is 11.8 Å². The number of phenols is 1. The summed E-state index contributed by atoms with van der Waals surface area (Å²) in [7, 11) is 0. The molecule has 0 aliphatic carbocycles. The lowest BCUT2D eigenvalue weighted by molar-refractivity contribution is -0.0205. The average molecular weight is 412 g/mol. The molecule has 160 valence electrons. The second-order valence-corrected chi connectivity index (χ2v) is 7.44. The van der Waals surface area contributed by atoms with Gasteiger partial charge in [-0.05, 0) is 67.8 Å². The van der Waals surface area contributed by atoms with Gasteiger partial charge in [-0.1, -0.05) is 6.08 Å². The van der Waals surface area contributed by atoms with Crippen LogP contribution >= 0.6 is 0 Å². The molecule has 2 aromatic carbocycles. The largest absolute Gasteiger partial charge is 0.508 e. The molecule has 0 radical (unpaired) electrons. The molecule has 1 heterocycles. The van der Waals surface area contributed by atoms with Crippen molar-refractivity contribution in [3.05, 3.63) is 61.2 Å². The van der Waals surface area contributed by atoms with E-state index in [4.69, 9.17) is 9.47 Å². The number of hydrogen-bond donors (Lipinski definition) is 3. The molecule has 3 N–H and O–H groups in total. The van der Waals surface area contributed by atoms with Crippen LogP contribution in [-0.4, -0.2) is 53.0 Å². The monoisotopic (exact) mass is 412 g/mol. The predicted molar refractivity (Wildman–Crippen MR) is 115 cm³/mol. The van der Waals surface area contributed by atoms with Crippen molar-refractivity contribution in [2.45, 2.75) is 24.9 Å². The number of carbonyl (C=O) groups is 1. The summed E-state index contributed by atoms with van der Waals surface area (Å²) in [6, 6.07) is 13.0. The molecule has 0 bridgehead atoms. The molecule has 1 saturated heterocycles. The van der Waals surface area contributed by atoms with Gasteiger partial charge in [0.2, 0.25) is 0 Å². The number of nitrogens with zero attached hydrogens (tertiary/aromatic N) is 1. The van der Waals surface area contributed by atoms with E-state index in [1.54, 1.807) is 42.5 Å². The summed E-state index contributed by atoms with van der Waals surface area (Å²) in [5.74, 6) is 1.22. The van der Waals surface area contributed by atoms with Crippen molar-refractivity contribution in [3.63, 3.8) is 0 Å². The maximum atomic E-state index is 11.9. The Kier molecular flexibility index (Phi) is 7.32. The smallest absolute Gasteiger partial charge is 0.417 e. The number of rotatable bonds is 8. The van der Waals surface area contributed by atoms with Crippen LogP contribution in [-0.2, 0) is 0 Å². The summed E-state index contributed by atoms with van der Waals surface area (Å²) in [5, 5.41) is 22.2. The second-order valence-electron chi connectivity index (χ2n) is 7.44. The van der Waals surface area contributed by atoms with Crippen LogP contribution in [0.5, 0.6) is 17.2 Å². The number of phenolic OH excluding ortho intramolecular Hbond substituents is 1. The first-order chi connectivity index (χ1) is 14.5. The third-order valence-corrected chi connectivity index (χ3v) is 5.14. The van der Waals surface area contributed by atoms with Crippen LogP contribution in [0.25, 0.3) is 0 Å². The van der Waals surface area contributed by atoms with Crippen molar-refractivity contribution in [1.29, 1.82) is 0 Å². The minimum absolute atomic E-state index is 0.124. The van der Waals surface area contributed by atoms with Crippen molar-refractivity contribution in [2.75, 3.05) is 31.6 Å². The number of aromatic hydroxyl groups is 1. The van der Waals surface area contributed by atoms with Gasteiger partial charge in [0.15, 0.2) is 0 Å². The van der Waals surface area contributed by atoms with Crippen LogP contribution in [0, 0.1) is 0 Å². The molecule has 0 aromatic heterocycles. The van der Waals surface area contributed by atoms with Crippen LogP contribution < -0.4 is 14.8 Å². The highest BCUT2D eigenvalue weighted by Crippen LogP contribution is 2.26. The van der Waals surface area contributed by atoms with Gasteiger partial charge < -0.3 is 19.7 Å². The molecule has 7 nitrogen and oxygen atoms in total. The van der Waals surface area contributed by atoms with Crippen LogP contribution in [0.1, 0.15) is 19.3 Å². The summed E-state index contributed by atoms with van der Waals surface area (Å²) in [4.78, 5) is 14.2. The molecular weight excluding hydrogens is 384 g/mol. The number of nitrogens with one attached hydrogen (secondary N) is 1. The lowest BCUT2D eigenvalue weighted by Gasteiger charge is -2.37. The van der Waals surface area contributed by atoms with Gasteiger partial charge in [-0.15, -0.1) is 6.58 Å². The van der Waals surface area contributed by atoms with E-state index in [0.717, 1.165) is 32.5 Å². The van der Waals surface area contributed by atoms with E-state index in [2.05, 4.69) is 16.8 Å². The number of amides is 1. The van der Waals surface area contributed by atoms with E-state index in [1.165, 1.54) is 12.1 Å². The zero-order valence-corrected chi connectivity index (χ0v) is 16.9. The molecule has 3 rings (SSSR count). The lowest BCUT2D eigenvalue weighted by Crippen LogP contribution is -2.45. The van der Waals surface area contributed by atoms with E-state index >= 15 is 0 Å². The fourth-order valence-corrected chi connectivity index (χ4v) is 3.36. The maximum absolute atomic E-state index is 11.9. The Labute approximate surface area is 176 Å². The van der Waals surface area contributed by atoms with Crippen LogP contribution in [0.4, 0.5) is 10.5 Å². The first-order valence-electron chi connectivity index (χ1n) is 10.0. The molecule has 1 aliphatic rings. The summed E-state index contributed by atoms with van der Waals surface area (Å²) >= 11 is 0. The van der Waals surface area contributed by atoms with E-state index in [1.807, 2.05) is 0 Å². The standard InChI is InChI=1S/C23H28N2O5/c1-2-11-23(28)12-14-25(15-13-23)16-17-29-20-7-9-21(10-8-20)30-22(27)24-18-3-5-19(26)6-4-18/h2-10,26,28H,1,11-17H2,(H,24,27). The van der Waals surface area contributed by atoms with E-state index in [0.29, 0.717) is 30.2 Å². The minimum Gasteiger partial charge on any atom is -0.508 e. The highest BCUT2D eigenvalue weighted by molar-refractivity contribution is 5.86. The highest BCUT2D eigenvalue weighted by Gasteiger charge is 2.30. The van der Waals surface area contributed by atoms with Crippen molar-refractivity contribution in [2.24, 2.45) is 0 Å². The Balaban J connectivity index is 1.38. The van der Waals surface area contributed by atoms with Crippen molar-refractivity contribution in [3.8, 4) is 17.2 Å². The van der Waals surface area contributed by atoms with Crippen LogP contribution in [0.15, 0.2) is 61.2 Å². The Morgan fingerprint density at radius 3 is 2.37 bits per heavy atom. The van der Waals surface area contributed by atoms with Gasteiger partial charge in [0, 0.05) is 25.3 Å². The Bertz CT molecular complexity index is 828. The molecule has 1 aliphatic heterocycles. The third kappa shape index (κ3) is 6.50. The third-order valence-electron chi connectivity index (χ3n) is 5.14. The highest BCUT2D eigenvalue weighted by atomic mass is 16.6. The number of hydrogen-bond acceptors (Lipinski definition) is 6. The molecule has 0 saturated carbocycles. The number of piperidine rings is 1. The fourth-order valence-electron chi connectivity index (χ4n) is 3.36. The molecule has 0 unspecified atom stereocenters. The number of anilines is 1. The Morgan fingerprint density at radius 2 is 1.73 bits per heavy atom. The quantitative estimate of drug-likeness (QED) is 0.451. The van der Waals surface area contributed by atoms with Gasteiger partial charge in [-0.3, -0.25) is 10.2 Å². The van der Waals surface area contributed by atoms with Gasteiger partial charge in [0.25, 0.3) is 0 Å². The van der Waals surface area contributed by atoms with E-state index < -0.39 is 11.7 Å². The predicted octanol–water partition coefficient (Wildman–Crippen LogP) is 3.78. The van der Waals surface area contributed by atoms with E-state index in [-0.39, 0.29) is 5.75 Å². The van der Waals surface area contributed by atoms with Crippen molar-refractivity contribution in [1.82, 2.24) is 4.90 Å². The van der Waals surface area contributed by atoms with Gasteiger partial charge in [0.1, 0.15) is 23.9 Å². The zero-order chi connectivity index (χ0) is 21.4. The maximum Gasteiger partial charge on any atom is 0.417 e. The normalized spacial score (nSPS) is 15.9. The number of likely N-dealkylation sites (tertiary alicyclic amines) is 1. The molecule has 2 aromatic rings. The first kappa shape index (κ1) is 21.7. The Hall–Kier alpha value is -3.03. The Morgan fingerprint density at radius 1 is 1.10 bits per heavy atom. The van der Waals surface area contributed by atoms with E-state index in [9.17, 15) is 15.0 Å². The van der Waals surface area contributed by atoms with Gasteiger partial charge >= 0.3 is 6.09 Å². The number of benzene rings is 2. The van der Waals surface area contributed by atoms with Gasteiger partial charge in [0.05, 0.1) is 5.60 Å². The summed E-state index contributed by atoms with van der Waals surface area (Å²) in [6.45, 7) is 6.73. The SMILES string of the molecule is C=CCC1(O)CCN(CCOc2ccc(OC(=O)Nc3ccc(O)cc3)cc2)CC1. The fraction of sp³-hybridized carbons (Fsp3) is 0.348. The molecular formula is C23H28N2O5. The summed E-state index contributed by atoms with van der Waals surface area (Å²) in [5.41, 5.74) is -0.0813. The number of ether oxygens (including phenoxy) is 2. The minimum atomic E-state index is -0.615. The van der Waals surface area contributed by atoms with Gasteiger partial charge in [-0.25, -0.2) is 4.79 Å². The topological polar surface area (TPSA) is 91.3 Å². The van der Waals surface area contributed by atoms with Crippen molar-refractivity contribution < 1.29 is 24.5 Å². The summed E-state index contributed by atoms with van der Waals surface area (Å²) < 4.78 is 11.0. The van der Waals surface area contributed by atoms with Crippen LogP contribution in [0.2, 0.25) is 0 Å². The average Bonchev–Trinajstić information content (AvgIpc) is 2.73. The summed E-state index contributed by atoms with van der Waals surface area (Å²) in [6.07, 6.45) is 3.30. The molecule has 30 heavy (non-hydrogen) atoms. The van der Waals surface area contributed by atoms with Crippen LogP contribution in [0.3, 0.4) is 0 Å². The molecule has 0 spiro atoms. The van der Waals surface area contributed by atoms with Gasteiger partial charge in [-0.2, -0.15) is 0 Å². The number of aliphatic hydroxyl groups is 1. The first-order valence-corrected chi connectivity index (χ1v) is 10.0. The zero-order valence-electron chi connectivity index (χ0n) is 16.9.